The van der Waals surface area contributed by atoms with Crippen molar-refractivity contribution >= 4 is 34.3 Å². The molecular formula is C16H13F3IN7O. The summed E-state index contributed by atoms with van der Waals surface area (Å²) in [7, 11) is 0. The van der Waals surface area contributed by atoms with E-state index in [9.17, 15) is 18.0 Å². The zero-order valence-corrected chi connectivity index (χ0v) is 16.4. The second-order valence-corrected chi connectivity index (χ2v) is 6.75. The number of benzene rings is 1. The number of halogens is 4. The zero-order chi connectivity index (χ0) is 20.3. The maximum absolute atomic E-state index is 12.7. The summed E-state index contributed by atoms with van der Waals surface area (Å²) in [6.45, 7) is 1.68. The van der Waals surface area contributed by atoms with Crippen LogP contribution in [0.4, 0.5) is 23.7 Å². The Morgan fingerprint density at radius 3 is 2.57 bits per heavy atom. The van der Waals surface area contributed by atoms with Crippen LogP contribution in [-0.4, -0.2) is 30.8 Å². The van der Waals surface area contributed by atoms with Crippen LogP contribution < -0.4 is 10.6 Å². The molecule has 0 saturated carbocycles. The van der Waals surface area contributed by atoms with Crippen LogP contribution in [0.15, 0.2) is 43.0 Å². The highest BCUT2D eigenvalue weighted by molar-refractivity contribution is 14.1. The smallest absolute Gasteiger partial charge is 0.328 e. The summed E-state index contributed by atoms with van der Waals surface area (Å²) >= 11 is 1.73. The molecule has 2 amide bonds. The van der Waals surface area contributed by atoms with Crippen LogP contribution in [0.3, 0.4) is 0 Å². The fraction of sp³-hybridized carbons (Fsp3) is 0.188. The second kappa shape index (κ2) is 8.08. The third-order valence-corrected chi connectivity index (χ3v) is 4.49. The molecular weight excluding hydrogens is 490 g/mol. The molecule has 1 unspecified atom stereocenters. The molecule has 2 heterocycles. The van der Waals surface area contributed by atoms with Crippen LogP contribution in [0.25, 0.3) is 5.95 Å². The van der Waals surface area contributed by atoms with E-state index in [4.69, 9.17) is 0 Å². The summed E-state index contributed by atoms with van der Waals surface area (Å²) in [5.74, 6) is 0.685. The number of nitrogens with one attached hydrogen (secondary N) is 2. The van der Waals surface area contributed by atoms with Crippen molar-refractivity contribution in [2.45, 2.75) is 19.1 Å². The van der Waals surface area contributed by atoms with Crippen LogP contribution in [-0.2, 0) is 6.18 Å². The Hall–Kier alpha value is -2.77. The van der Waals surface area contributed by atoms with E-state index in [-0.39, 0.29) is 9.26 Å². The number of nitrogens with zero attached hydrogens (tertiary/aromatic N) is 5. The van der Waals surface area contributed by atoms with Crippen LogP contribution >= 0.6 is 22.6 Å². The molecule has 3 aromatic rings. The van der Waals surface area contributed by atoms with E-state index in [2.05, 4.69) is 30.7 Å². The van der Waals surface area contributed by atoms with E-state index in [0.717, 1.165) is 12.1 Å². The first-order chi connectivity index (χ1) is 13.3. The van der Waals surface area contributed by atoms with E-state index in [1.807, 2.05) is 0 Å². The molecule has 8 nitrogen and oxygen atoms in total. The van der Waals surface area contributed by atoms with Gasteiger partial charge >= 0.3 is 12.2 Å². The molecule has 0 aliphatic heterocycles. The first-order valence-electron chi connectivity index (χ1n) is 7.87. The molecule has 0 aliphatic rings. The van der Waals surface area contributed by atoms with Crippen molar-refractivity contribution in [3.63, 3.8) is 0 Å². The predicted octanol–water partition coefficient (Wildman–Crippen LogP) is 3.56. The van der Waals surface area contributed by atoms with Crippen LogP contribution in [0.1, 0.15) is 24.4 Å². The molecule has 1 aromatic carbocycles. The minimum atomic E-state index is -4.45. The topological polar surface area (TPSA) is 97.6 Å². The average molecular weight is 503 g/mol. The van der Waals surface area contributed by atoms with Crippen molar-refractivity contribution in [1.29, 1.82) is 0 Å². The molecule has 2 N–H and O–H groups in total. The number of hydrogen-bond donors (Lipinski definition) is 2. The highest BCUT2D eigenvalue weighted by Crippen LogP contribution is 2.32. The predicted molar refractivity (Wildman–Crippen MR) is 102 cm³/mol. The highest BCUT2D eigenvalue weighted by atomic mass is 127. The normalized spacial score (nSPS) is 12.5. The van der Waals surface area contributed by atoms with Gasteiger partial charge in [-0.05, 0) is 53.8 Å². The lowest BCUT2D eigenvalue weighted by Crippen LogP contribution is -2.33. The monoisotopic (exact) mass is 503 g/mol. The molecule has 0 aliphatic carbocycles. The maximum Gasteiger partial charge on any atom is 0.416 e. The number of urea groups is 1. The summed E-state index contributed by atoms with van der Waals surface area (Å²) in [6.07, 6.45) is -0.0460. The third kappa shape index (κ3) is 4.55. The van der Waals surface area contributed by atoms with Gasteiger partial charge in [0.2, 0.25) is 0 Å². The van der Waals surface area contributed by atoms with Gasteiger partial charge in [0.15, 0.2) is 5.82 Å². The largest absolute Gasteiger partial charge is 0.416 e. The Morgan fingerprint density at radius 1 is 1.21 bits per heavy atom. The number of amides is 2. The van der Waals surface area contributed by atoms with Gasteiger partial charge in [-0.3, -0.25) is 0 Å². The summed E-state index contributed by atoms with van der Waals surface area (Å²) in [6, 6.07) is 3.55. The van der Waals surface area contributed by atoms with Gasteiger partial charge in [-0.2, -0.15) is 23.0 Å². The Bertz CT molecular complexity index is 978. The highest BCUT2D eigenvalue weighted by Gasteiger charge is 2.31. The summed E-state index contributed by atoms with van der Waals surface area (Å²) in [4.78, 5) is 24.5. The lowest BCUT2D eigenvalue weighted by atomic mass is 10.2. The summed E-state index contributed by atoms with van der Waals surface area (Å²) in [5, 5.41) is 9.23. The van der Waals surface area contributed by atoms with Crippen LogP contribution in [0.5, 0.6) is 0 Å². The van der Waals surface area contributed by atoms with E-state index in [1.165, 1.54) is 17.1 Å². The second-order valence-electron chi connectivity index (χ2n) is 5.59. The lowest BCUT2D eigenvalue weighted by molar-refractivity contribution is -0.137. The first-order valence-corrected chi connectivity index (χ1v) is 8.95. The van der Waals surface area contributed by atoms with Gasteiger partial charge in [-0.15, -0.1) is 0 Å². The van der Waals surface area contributed by atoms with Crippen molar-refractivity contribution in [1.82, 2.24) is 30.0 Å². The number of anilines is 1. The summed E-state index contributed by atoms with van der Waals surface area (Å²) < 4.78 is 39.9. The summed E-state index contributed by atoms with van der Waals surface area (Å²) in [5.41, 5.74) is -0.529. The van der Waals surface area contributed by atoms with Crippen molar-refractivity contribution in [2.24, 2.45) is 0 Å². The minimum Gasteiger partial charge on any atom is -0.328 e. The molecule has 0 fully saturated rings. The molecule has 0 bridgehead atoms. The van der Waals surface area contributed by atoms with Crippen molar-refractivity contribution in [3.05, 3.63) is 57.9 Å². The quantitative estimate of drug-likeness (QED) is 0.531. The van der Waals surface area contributed by atoms with E-state index < -0.39 is 23.8 Å². The van der Waals surface area contributed by atoms with Crippen molar-refractivity contribution in [2.75, 3.05) is 5.32 Å². The van der Waals surface area contributed by atoms with Gasteiger partial charge in [-0.1, -0.05) is 0 Å². The molecule has 146 valence electrons. The fourth-order valence-electron chi connectivity index (χ4n) is 2.31. The fourth-order valence-corrected chi connectivity index (χ4v) is 2.96. The third-order valence-electron chi connectivity index (χ3n) is 3.60. The van der Waals surface area contributed by atoms with Crippen molar-refractivity contribution < 1.29 is 18.0 Å². The maximum atomic E-state index is 12.7. The van der Waals surface area contributed by atoms with Gasteiger partial charge in [0.25, 0.3) is 5.95 Å². The number of carbonyl (C=O) groups excluding carboxylic acids is 1. The standard InChI is InChI=1S/C16H13F3IN7O/c1-9(13-23-8-24-27(13)14-21-5-2-6-22-14)25-15(28)26-12-4-3-10(7-11(12)20)16(17,18)19/h2-9H,1H3,(H2,25,26,28). The molecule has 2 aromatic heterocycles. The molecule has 3 rings (SSSR count). The average Bonchev–Trinajstić information content (AvgIpc) is 3.13. The molecule has 0 saturated heterocycles. The zero-order valence-electron chi connectivity index (χ0n) is 14.3. The molecule has 0 radical (unpaired) electrons. The molecule has 0 spiro atoms. The number of hydrogen-bond acceptors (Lipinski definition) is 5. The number of alkyl halides is 3. The minimum absolute atomic E-state index is 0.256. The van der Waals surface area contributed by atoms with Gasteiger partial charge in [-0.25, -0.2) is 19.7 Å². The van der Waals surface area contributed by atoms with Crippen LogP contribution in [0.2, 0.25) is 0 Å². The lowest BCUT2D eigenvalue weighted by Gasteiger charge is -2.16. The Labute approximate surface area is 170 Å². The number of carbonyl (C=O) groups is 1. The van der Waals surface area contributed by atoms with Crippen molar-refractivity contribution in [3.8, 4) is 5.95 Å². The van der Waals surface area contributed by atoms with Gasteiger partial charge in [0, 0.05) is 16.0 Å². The molecule has 28 heavy (non-hydrogen) atoms. The molecule has 1 atom stereocenters. The van der Waals surface area contributed by atoms with Crippen LogP contribution in [0, 0.1) is 3.57 Å². The SMILES string of the molecule is CC(NC(=O)Nc1ccc(C(F)(F)F)cc1I)c1ncnn1-c1ncccn1. The van der Waals surface area contributed by atoms with Gasteiger partial charge in [0.05, 0.1) is 17.3 Å². The van der Waals surface area contributed by atoms with E-state index in [1.54, 1.807) is 48.0 Å². The number of aromatic nitrogens is 5. The molecule has 12 heteroatoms. The Balaban J connectivity index is 1.70. The van der Waals surface area contributed by atoms with E-state index in [0.29, 0.717) is 11.8 Å². The van der Waals surface area contributed by atoms with Gasteiger partial charge < -0.3 is 10.6 Å². The Morgan fingerprint density at radius 2 is 1.93 bits per heavy atom. The van der Waals surface area contributed by atoms with Gasteiger partial charge in [0.1, 0.15) is 6.33 Å². The first kappa shape index (κ1) is 20.0. The number of rotatable bonds is 4. The van der Waals surface area contributed by atoms with E-state index >= 15 is 0 Å². The Kier molecular flexibility index (Phi) is 5.76.